The number of ether oxygens (including phenoxy) is 1. The van der Waals surface area contributed by atoms with Crippen LogP contribution in [-0.2, 0) is 4.74 Å². The van der Waals surface area contributed by atoms with Gasteiger partial charge in [-0.1, -0.05) is 37.6 Å². The average Bonchev–Trinajstić information content (AvgIpc) is 2.37. The zero-order valence-electron chi connectivity index (χ0n) is 11.4. The van der Waals surface area contributed by atoms with E-state index in [-0.39, 0.29) is 11.9 Å². The molecule has 0 fully saturated rings. The van der Waals surface area contributed by atoms with Crippen LogP contribution in [0.5, 0.6) is 0 Å². The lowest BCUT2D eigenvalue weighted by Gasteiger charge is -2.08. The largest absolute Gasteiger partial charge is 0.468 e. The molecule has 104 valence electrons. The van der Waals surface area contributed by atoms with E-state index in [1.165, 1.54) is 7.11 Å². The first-order valence-corrected chi connectivity index (χ1v) is 6.56. The Morgan fingerprint density at radius 1 is 1.42 bits per heavy atom. The van der Waals surface area contributed by atoms with Crippen LogP contribution in [-0.4, -0.2) is 25.6 Å². The minimum absolute atomic E-state index is 0.213. The van der Waals surface area contributed by atoms with Gasteiger partial charge in [0.25, 0.3) is 11.9 Å². The van der Waals surface area contributed by atoms with E-state index in [1.54, 1.807) is 24.3 Å². The number of aliphatic imine (C=N–C) groups is 1. The highest BCUT2D eigenvalue weighted by atomic mass is 35.5. The molecule has 1 aromatic carbocycles. The van der Waals surface area contributed by atoms with Gasteiger partial charge in [0.1, 0.15) is 0 Å². The number of carbonyl (C=O) groups excluding carboxylic acids is 1. The maximum atomic E-state index is 12.0. The van der Waals surface area contributed by atoms with E-state index in [4.69, 9.17) is 16.3 Å². The van der Waals surface area contributed by atoms with Crippen molar-refractivity contribution < 1.29 is 9.53 Å². The lowest BCUT2D eigenvalue weighted by Crippen LogP contribution is -2.32. The summed E-state index contributed by atoms with van der Waals surface area (Å²) in [6.45, 7) is 4.85. The van der Waals surface area contributed by atoms with Crippen LogP contribution in [0.25, 0.3) is 0 Å². The van der Waals surface area contributed by atoms with E-state index < -0.39 is 0 Å². The zero-order chi connectivity index (χ0) is 14.3. The number of methoxy groups -OCH3 is 1. The van der Waals surface area contributed by atoms with Gasteiger partial charge in [0.2, 0.25) is 0 Å². The number of nitrogens with zero attached hydrogens (tertiary/aromatic N) is 1. The maximum absolute atomic E-state index is 12.0. The number of amides is 1. The van der Waals surface area contributed by atoms with Gasteiger partial charge < -0.3 is 4.74 Å². The van der Waals surface area contributed by atoms with E-state index in [0.717, 1.165) is 6.42 Å². The molecule has 0 aromatic heterocycles. The van der Waals surface area contributed by atoms with Crippen molar-refractivity contribution in [3.8, 4) is 0 Å². The summed E-state index contributed by atoms with van der Waals surface area (Å²) in [4.78, 5) is 16.2. The Hall–Kier alpha value is -1.55. The number of rotatable bonds is 4. The molecule has 1 amide bonds. The highest BCUT2D eigenvalue weighted by molar-refractivity contribution is 6.34. The molecule has 0 aliphatic rings. The van der Waals surface area contributed by atoms with Crippen LogP contribution in [0.15, 0.2) is 29.3 Å². The smallest absolute Gasteiger partial charge is 0.291 e. The lowest BCUT2D eigenvalue weighted by atomic mass is 10.1. The van der Waals surface area contributed by atoms with Gasteiger partial charge in [0.15, 0.2) is 0 Å². The SMILES string of the molecule is COC(=NCCC(C)C)NC(=O)c1ccccc1Cl. The van der Waals surface area contributed by atoms with Gasteiger partial charge >= 0.3 is 0 Å². The fourth-order valence-corrected chi connectivity index (χ4v) is 1.61. The monoisotopic (exact) mass is 282 g/mol. The Kier molecular flexibility index (Phi) is 6.36. The van der Waals surface area contributed by atoms with Crippen molar-refractivity contribution in [2.75, 3.05) is 13.7 Å². The third-order valence-electron chi connectivity index (χ3n) is 2.49. The predicted molar refractivity (Wildman–Crippen MR) is 77.7 cm³/mol. The van der Waals surface area contributed by atoms with Gasteiger partial charge in [-0.15, -0.1) is 0 Å². The second-order valence-electron chi connectivity index (χ2n) is 4.51. The summed E-state index contributed by atoms with van der Waals surface area (Å²) in [5.41, 5.74) is 0.401. The van der Waals surface area contributed by atoms with Crippen molar-refractivity contribution in [2.24, 2.45) is 10.9 Å². The normalized spacial score (nSPS) is 11.5. The fourth-order valence-electron chi connectivity index (χ4n) is 1.39. The highest BCUT2D eigenvalue weighted by Gasteiger charge is 2.12. The highest BCUT2D eigenvalue weighted by Crippen LogP contribution is 2.14. The molecule has 0 aliphatic heterocycles. The summed E-state index contributed by atoms with van der Waals surface area (Å²) >= 11 is 5.95. The Morgan fingerprint density at radius 3 is 2.68 bits per heavy atom. The first kappa shape index (κ1) is 15.5. The molecule has 0 heterocycles. The fraction of sp³-hybridized carbons (Fsp3) is 0.429. The molecule has 0 atom stereocenters. The molecule has 1 rings (SSSR count). The van der Waals surface area contributed by atoms with Crippen molar-refractivity contribution in [3.05, 3.63) is 34.9 Å². The van der Waals surface area contributed by atoms with Crippen LogP contribution in [0, 0.1) is 5.92 Å². The number of halogens is 1. The molecule has 0 spiro atoms. The minimum atomic E-state index is -0.323. The molecule has 0 bridgehead atoms. The zero-order valence-corrected chi connectivity index (χ0v) is 12.2. The Bertz CT molecular complexity index is 459. The summed E-state index contributed by atoms with van der Waals surface area (Å²) < 4.78 is 5.04. The molecule has 5 heteroatoms. The minimum Gasteiger partial charge on any atom is -0.468 e. The molecular weight excluding hydrogens is 264 g/mol. The predicted octanol–water partition coefficient (Wildman–Crippen LogP) is 3.12. The van der Waals surface area contributed by atoms with Crippen LogP contribution in [0.2, 0.25) is 5.02 Å². The van der Waals surface area contributed by atoms with E-state index in [9.17, 15) is 4.79 Å². The summed E-state index contributed by atoms with van der Waals surface area (Å²) in [6, 6.07) is 7.05. The lowest BCUT2D eigenvalue weighted by molar-refractivity contribution is 0.0968. The Morgan fingerprint density at radius 2 is 2.11 bits per heavy atom. The van der Waals surface area contributed by atoms with Crippen LogP contribution in [0.1, 0.15) is 30.6 Å². The molecular formula is C14H19ClN2O2. The van der Waals surface area contributed by atoms with Gasteiger partial charge in [-0.2, -0.15) is 0 Å². The number of hydrogen-bond acceptors (Lipinski definition) is 3. The number of hydrogen-bond donors (Lipinski definition) is 1. The van der Waals surface area contributed by atoms with Crippen molar-refractivity contribution in [3.63, 3.8) is 0 Å². The van der Waals surface area contributed by atoms with E-state index in [0.29, 0.717) is 23.0 Å². The number of carbonyl (C=O) groups is 1. The van der Waals surface area contributed by atoms with Gasteiger partial charge in [-0.25, -0.2) is 4.99 Å². The van der Waals surface area contributed by atoms with Crippen LogP contribution in [0.3, 0.4) is 0 Å². The Labute approximate surface area is 118 Å². The number of amidine groups is 1. The average molecular weight is 283 g/mol. The summed E-state index contributed by atoms with van der Waals surface area (Å²) in [7, 11) is 1.47. The van der Waals surface area contributed by atoms with Gasteiger partial charge in [0.05, 0.1) is 17.7 Å². The topological polar surface area (TPSA) is 50.7 Å². The summed E-state index contributed by atoms with van der Waals surface area (Å²) in [5.74, 6) is 0.233. The maximum Gasteiger partial charge on any atom is 0.291 e. The molecule has 0 unspecified atom stereocenters. The second kappa shape index (κ2) is 7.79. The van der Waals surface area contributed by atoms with Crippen LogP contribution in [0.4, 0.5) is 0 Å². The van der Waals surface area contributed by atoms with E-state index in [1.807, 2.05) is 0 Å². The molecule has 1 N–H and O–H groups in total. The molecule has 0 radical (unpaired) electrons. The third kappa shape index (κ3) is 5.30. The van der Waals surface area contributed by atoms with Crippen molar-refractivity contribution in [2.45, 2.75) is 20.3 Å². The first-order chi connectivity index (χ1) is 9.04. The molecule has 0 saturated carbocycles. The van der Waals surface area contributed by atoms with Crippen LogP contribution >= 0.6 is 11.6 Å². The van der Waals surface area contributed by atoms with Gasteiger partial charge in [-0.05, 0) is 24.5 Å². The molecule has 4 nitrogen and oxygen atoms in total. The van der Waals surface area contributed by atoms with Gasteiger partial charge in [0, 0.05) is 6.54 Å². The van der Waals surface area contributed by atoms with Crippen LogP contribution < -0.4 is 5.32 Å². The van der Waals surface area contributed by atoms with Crippen molar-refractivity contribution >= 4 is 23.5 Å². The van der Waals surface area contributed by atoms with E-state index in [2.05, 4.69) is 24.2 Å². The number of nitrogens with one attached hydrogen (secondary N) is 1. The van der Waals surface area contributed by atoms with Crippen molar-refractivity contribution in [1.82, 2.24) is 5.32 Å². The van der Waals surface area contributed by atoms with Crippen molar-refractivity contribution in [1.29, 1.82) is 0 Å². The molecule has 0 aliphatic carbocycles. The Balaban J connectivity index is 2.66. The third-order valence-corrected chi connectivity index (χ3v) is 2.82. The van der Waals surface area contributed by atoms with E-state index >= 15 is 0 Å². The molecule has 0 saturated heterocycles. The first-order valence-electron chi connectivity index (χ1n) is 6.19. The second-order valence-corrected chi connectivity index (χ2v) is 4.91. The molecule has 1 aromatic rings. The molecule has 19 heavy (non-hydrogen) atoms. The van der Waals surface area contributed by atoms with Gasteiger partial charge in [-0.3, -0.25) is 10.1 Å². The quantitative estimate of drug-likeness (QED) is 0.681. The number of benzene rings is 1. The summed E-state index contributed by atoms with van der Waals surface area (Å²) in [5, 5.41) is 3.00. The summed E-state index contributed by atoms with van der Waals surface area (Å²) in [6.07, 6.45) is 0.939. The standard InChI is InChI=1S/C14H19ClN2O2/c1-10(2)8-9-16-14(19-3)17-13(18)11-6-4-5-7-12(11)15/h4-7,10H,8-9H2,1-3H3,(H,16,17,18).